The van der Waals surface area contributed by atoms with Crippen molar-refractivity contribution in [1.29, 1.82) is 0 Å². The monoisotopic (exact) mass is 289 g/mol. The second-order valence-electron chi connectivity index (χ2n) is 4.94. The first kappa shape index (κ1) is 15.4. The predicted octanol–water partition coefficient (Wildman–Crippen LogP) is 2.33. The molecule has 0 spiro atoms. The number of hydrogen-bond donors (Lipinski definition) is 1. The molecule has 0 bridgehead atoms. The Morgan fingerprint density at radius 1 is 1.29 bits per heavy atom. The van der Waals surface area contributed by atoms with Crippen LogP contribution in [0.1, 0.15) is 24.1 Å². The van der Waals surface area contributed by atoms with E-state index in [4.69, 9.17) is 9.47 Å². The van der Waals surface area contributed by atoms with Crippen LogP contribution in [0, 0.1) is 0 Å². The number of benzene rings is 1. The van der Waals surface area contributed by atoms with Gasteiger partial charge in [0, 0.05) is 30.9 Å². The molecule has 0 fully saturated rings. The van der Waals surface area contributed by atoms with E-state index in [0.717, 1.165) is 30.0 Å². The van der Waals surface area contributed by atoms with Crippen molar-refractivity contribution in [3.63, 3.8) is 0 Å². The standard InChI is InChI=1S/C16H23N3O2/c1-5-17-15(8-12-10-18-19(2)11-12)14-7-6-13(20-3)9-16(14)21-4/h6-7,9-11,15,17H,5,8H2,1-4H3. The summed E-state index contributed by atoms with van der Waals surface area (Å²) in [6.45, 7) is 2.99. The number of ether oxygens (including phenoxy) is 2. The summed E-state index contributed by atoms with van der Waals surface area (Å²) in [5, 5.41) is 7.74. The van der Waals surface area contributed by atoms with Crippen LogP contribution in [0.2, 0.25) is 0 Å². The van der Waals surface area contributed by atoms with E-state index in [2.05, 4.69) is 23.4 Å². The lowest BCUT2D eigenvalue weighted by molar-refractivity contribution is 0.384. The molecule has 0 aliphatic heterocycles. The van der Waals surface area contributed by atoms with Gasteiger partial charge < -0.3 is 14.8 Å². The summed E-state index contributed by atoms with van der Waals surface area (Å²) in [6, 6.07) is 6.12. The Morgan fingerprint density at radius 2 is 2.10 bits per heavy atom. The average molecular weight is 289 g/mol. The third kappa shape index (κ3) is 3.76. The highest BCUT2D eigenvalue weighted by atomic mass is 16.5. The summed E-state index contributed by atoms with van der Waals surface area (Å²) in [5.41, 5.74) is 2.32. The lowest BCUT2D eigenvalue weighted by atomic mass is 9.99. The van der Waals surface area contributed by atoms with Crippen molar-refractivity contribution in [1.82, 2.24) is 15.1 Å². The second kappa shape index (κ2) is 7.13. The fraction of sp³-hybridized carbons (Fsp3) is 0.438. The van der Waals surface area contributed by atoms with E-state index in [0.29, 0.717) is 0 Å². The molecule has 1 aromatic carbocycles. The Morgan fingerprint density at radius 3 is 2.67 bits per heavy atom. The van der Waals surface area contributed by atoms with Gasteiger partial charge in [-0.3, -0.25) is 4.68 Å². The molecule has 21 heavy (non-hydrogen) atoms. The Balaban J connectivity index is 2.28. The number of aromatic nitrogens is 2. The zero-order valence-electron chi connectivity index (χ0n) is 13.1. The number of nitrogens with one attached hydrogen (secondary N) is 1. The highest BCUT2D eigenvalue weighted by Gasteiger charge is 2.17. The molecule has 1 unspecified atom stereocenters. The maximum Gasteiger partial charge on any atom is 0.127 e. The van der Waals surface area contributed by atoms with Crippen LogP contribution in [0.3, 0.4) is 0 Å². The van der Waals surface area contributed by atoms with Gasteiger partial charge in [-0.15, -0.1) is 0 Å². The van der Waals surface area contributed by atoms with Crippen molar-refractivity contribution in [2.75, 3.05) is 20.8 Å². The second-order valence-corrected chi connectivity index (χ2v) is 4.94. The largest absolute Gasteiger partial charge is 0.497 e. The molecule has 2 rings (SSSR count). The number of hydrogen-bond acceptors (Lipinski definition) is 4. The number of methoxy groups -OCH3 is 2. The van der Waals surface area contributed by atoms with E-state index in [1.807, 2.05) is 36.3 Å². The number of nitrogens with zero attached hydrogens (tertiary/aromatic N) is 2. The van der Waals surface area contributed by atoms with Crippen LogP contribution in [-0.2, 0) is 13.5 Å². The third-order valence-corrected chi connectivity index (χ3v) is 3.46. The minimum absolute atomic E-state index is 0.181. The Kier molecular flexibility index (Phi) is 5.22. The fourth-order valence-corrected chi connectivity index (χ4v) is 2.46. The van der Waals surface area contributed by atoms with Crippen LogP contribution in [-0.4, -0.2) is 30.5 Å². The number of rotatable bonds is 7. The maximum atomic E-state index is 5.52. The van der Waals surface area contributed by atoms with Crippen LogP contribution >= 0.6 is 0 Å². The van der Waals surface area contributed by atoms with E-state index in [1.165, 1.54) is 5.56 Å². The molecular formula is C16H23N3O2. The van der Waals surface area contributed by atoms with Gasteiger partial charge in [-0.25, -0.2) is 0 Å². The molecule has 1 heterocycles. The summed E-state index contributed by atoms with van der Waals surface area (Å²) in [4.78, 5) is 0. The van der Waals surface area contributed by atoms with E-state index in [1.54, 1.807) is 14.2 Å². The van der Waals surface area contributed by atoms with Gasteiger partial charge in [0.25, 0.3) is 0 Å². The van der Waals surface area contributed by atoms with E-state index < -0.39 is 0 Å². The smallest absolute Gasteiger partial charge is 0.127 e. The van der Waals surface area contributed by atoms with Gasteiger partial charge in [-0.05, 0) is 24.6 Å². The van der Waals surface area contributed by atoms with Crippen molar-refractivity contribution in [3.05, 3.63) is 41.7 Å². The predicted molar refractivity (Wildman–Crippen MR) is 82.9 cm³/mol. The van der Waals surface area contributed by atoms with Crippen molar-refractivity contribution in [2.24, 2.45) is 7.05 Å². The van der Waals surface area contributed by atoms with Crippen molar-refractivity contribution >= 4 is 0 Å². The first-order valence-electron chi connectivity index (χ1n) is 7.10. The summed E-state index contributed by atoms with van der Waals surface area (Å²) < 4.78 is 12.6. The molecule has 0 radical (unpaired) electrons. The summed E-state index contributed by atoms with van der Waals surface area (Å²) in [6.07, 6.45) is 4.81. The Hall–Kier alpha value is -2.01. The highest BCUT2D eigenvalue weighted by molar-refractivity contribution is 5.43. The molecule has 0 saturated heterocycles. The van der Waals surface area contributed by atoms with Gasteiger partial charge in [-0.2, -0.15) is 5.10 Å². The maximum absolute atomic E-state index is 5.52. The van der Waals surface area contributed by atoms with Gasteiger partial charge in [0.1, 0.15) is 11.5 Å². The van der Waals surface area contributed by atoms with Gasteiger partial charge in [0.15, 0.2) is 0 Å². The summed E-state index contributed by atoms with van der Waals surface area (Å²) >= 11 is 0. The number of likely N-dealkylation sites (N-methyl/N-ethyl adjacent to an activating group) is 1. The zero-order valence-corrected chi connectivity index (χ0v) is 13.1. The van der Waals surface area contributed by atoms with Crippen LogP contribution in [0.5, 0.6) is 11.5 Å². The van der Waals surface area contributed by atoms with Crippen LogP contribution in [0.15, 0.2) is 30.6 Å². The first-order chi connectivity index (χ1) is 10.2. The van der Waals surface area contributed by atoms with Crippen LogP contribution < -0.4 is 14.8 Å². The molecule has 0 aliphatic rings. The molecule has 1 aromatic heterocycles. The molecule has 114 valence electrons. The third-order valence-electron chi connectivity index (χ3n) is 3.46. The molecule has 0 amide bonds. The van der Waals surface area contributed by atoms with E-state index in [-0.39, 0.29) is 6.04 Å². The number of aryl methyl sites for hydroxylation is 1. The Labute approximate surface area is 125 Å². The Bertz CT molecular complexity index is 581. The lowest BCUT2D eigenvalue weighted by Crippen LogP contribution is -2.23. The van der Waals surface area contributed by atoms with Crippen molar-refractivity contribution in [2.45, 2.75) is 19.4 Å². The normalized spacial score (nSPS) is 12.2. The zero-order chi connectivity index (χ0) is 15.2. The lowest BCUT2D eigenvalue weighted by Gasteiger charge is -2.20. The summed E-state index contributed by atoms with van der Waals surface area (Å²) in [7, 11) is 5.27. The van der Waals surface area contributed by atoms with Gasteiger partial charge >= 0.3 is 0 Å². The highest BCUT2D eigenvalue weighted by Crippen LogP contribution is 2.31. The summed E-state index contributed by atoms with van der Waals surface area (Å²) in [5.74, 6) is 1.64. The van der Waals surface area contributed by atoms with Crippen molar-refractivity contribution < 1.29 is 9.47 Å². The van der Waals surface area contributed by atoms with Crippen molar-refractivity contribution in [3.8, 4) is 11.5 Å². The van der Waals surface area contributed by atoms with Crippen LogP contribution in [0.4, 0.5) is 0 Å². The van der Waals surface area contributed by atoms with E-state index in [9.17, 15) is 0 Å². The van der Waals surface area contributed by atoms with Gasteiger partial charge in [-0.1, -0.05) is 13.0 Å². The first-order valence-corrected chi connectivity index (χ1v) is 7.10. The quantitative estimate of drug-likeness (QED) is 0.850. The molecule has 5 nitrogen and oxygen atoms in total. The minimum Gasteiger partial charge on any atom is -0.497 e. The topological polar surface area (TPSA) is 48.3 Å². The minimum atomic E-state index is 0.181. The molecule has 1 N–H and O–H groups in total. The molecular weight excluding hydrogens is 266 g/mol. The van der Waals surface area contributed by atoms with Crippen LogP contribution in [0.25, 0.3) is 0 Å². The molecule has 0 aliphatic carbocycles. The van der Waals surface area contributed by atoms with E-state index >= 15 is 0 Å². The SMILES string of the molecule is CCNC(Cc1cnn(C)c1)c1ccc(OC)cc1OC. The fourth-order valence-electron chi connectivity index (χ4n) is 2.46. The average Bonchev–Trinajstić information content (AvgIpc) is 2.91. The molecule has 0 saturated carbocycles. The van der Waals surface area contributed by atoms with Gasteiger partial charge in [0.2, 0.25) is 0 Å². The molecule has 2 aromatic rings. The van der Waals surface area contributed by atoms with Gasteiger partial charge in [0.05, 0.1) is 20.4 Å². The molecule has 1 atom stereocenters. The molecule has 5 heteroatoms.